The molecule has 6 heteroatoms. The van der Waals surface area contributed by atoms with Crippen molar-refractivity contribution in [1.82, 2.24) is 19.7 Å². The molecule has 5 nitrogen and oxygen atoms in total. The molecule has 0 aromatic carbocycles. The minimum Gasteiger partial charge on any atom is -0.372 e. The van der Waals surface area contributed by atoms with Crippen molar-refractivity contribution in [2.45, 2.75) is 33.2 Å². The predicted molar refractivity (Wildman–Crippen MR) is 85.2 cm³/mol. The number of rotatable bonds is 5. The molecule has 0 aliphatic rings. The van der Waals surface area contributed by atoms with Gasteiger partial charge >= 0.3 is 0 Å². The maximum Gasteiger partial charge on any atom is 0.180 e. The van der Waals surface area contributed by atoms with Gasteiger partial charge < -0.3 is 5.32 Å². The molecule has 0 amide bonds. The van der Waals surface area contributed by atoms with Crippen LogP contribution in [0.5, 0.6) is 0 Å². The Morgan fingerprint density at radius 3 is 2.74 bits per heavy atom. The lowest BCUT2D eigenvalue weighted by molar-refractivity contribution is 0.663. The first-order valence-electron chi connectivity index (χ1n) is 6.47. The number of aryl methyl sites for hydroxylation is 2. The highest BCUT2D eigenvalue weighted by molar-refractivity contribution is 14.1. The van der Waals surface area contributed by atoms with E-state index in [1.807, 2.05) is 17.8 Å². The number of nitrogens with one attached hydrogen (secondary N) is 1. The van der Waals surface area contributed by atoms with Crippen LogP contribution < -0.4 is 5.32 Å². The molecule has 102 valence electrons. The fourth-order valence-corrected chi connectivity index (χ4v) is 2.73. The van der Waals surface area contributed by atoms with Crippen molar-refractivity contribution < 1.29 is 0 Å². The molecule has 0 fully saturated rings. The summed E-state index contributed by atoms with van der Waals surface area (Å²) in [6.45, 7) is 5.04. The van der Waals surface area contributed by atoms with Gasteiger partial charge in [0.2, 0.25) is 0 Å². The second-order valence-electron chi connectivity index (χ2n) is 4.19. The van der Waals surface area contributed by atoms with Gasteiger partial charge in [0.05, 0.1) is 9.26 Å². The van der Waals surface area contributed by atoms with E-state index in [1.54, 1.807) is 6.20 Å². The van der Waals surface area contributed by atoms with Crippen LogP contribution in [0.3, 0.4) is 0 Å². The summed E-state index contributed by atoms with van der Waals surface area (Å²) in [4.78, 5) is 9.30. The average Bonchev–Trinajstić information content (AvgIpc) is 2.89. The molecule has 19 heavy (non-hydrogen) atoms. The van der Waals surface area contributed by atoms with E-state index in [2.05, 4.69) is 51.8 Å². The van der Waals surface area contributed by atoms with Crippen LogP contribution in [0.25, 0.3) is 11.5 Å². The Bertz CT molecular complexity index is 564. The Kier molecular flexibility index (Phi) is 4.73. The van der Waals surface area contributed by atoms with Gasteiger partial charge in [0.15, 0.2) is 5.82 Å². The zero-order valence-corrected chi connectivity index (χ0v) is 13.6. The second kappa shape index (κ2) is 6.31. The Hall–Kier alpha value is -1.18. The van der Waals surface area contributed by atoms with E-state index in [1.165, 1.54) is 0 Å². The van der Waals surface area contributed by atoms with Crippen molar-refractivity contribution in [3.8, 4) is 11.5 Å². The van der Waals surface area contributed by atoms with Crippen LogP contribution in [-0.2, 0) is 13.0 Å². The van der Waals surface area contributed by atoms with Gasteiger partial charge in [0.1, 0.15) is 11.5 Å². The van der Waals surface area contributed by atoms with Gasteiger partial charge in [0.25, 0.3) is 0 Å². The largest absolute Gasteiger partial charge is 0.372 e. The summed E-state index contributed by atoms with van der Waals surface area (Å²) in [7, 11) is 1.89. The van der Waals surface area contributed by atoms with E-state index in [-0.39, 0.29) is 0 Å². The van der Waals surface area contributed by atoms with E-state index < -0.39 is 0 Å². The second-order valence-corrected chi connectivity index (χ2v) is 5.27. The van der Waals surface area contributed by atoms with Gasteiger partial charge in [0, 0.05) is 19.8 Å². The molecule has 2 aromatic heterocycles. The maximum absolute atomic E-state index is 4.70. The van der Waals surface area contributed by atoms with E-state index in [9.17, 15) is 0 Å². The van der Waals surface area contributed by atoms with Crippen molar-refractivity contribution in [2.24, 2.45) is 0 Å². The van der Waals surface area contributed by atoms with Gasteiger partial charge in [-0.25, -0.2) is 9.97 Å². The topological polar surface area (TPSA) is 55.6 Å². The van der Waals surface area contributed by atoms with Gasteiger partial charge in [-0.3, -0.25) is 4.68 Å². The lowest BCUT2D eigenvalue weighted by Crippen LogP contribution is -2.08. The number of hydrogen-bond acceptors (Lipinski definition) is 4. The Balaban J connectivity index is 2.54. The number of anilines is 1. The molecule has 0 saturated heterocycles. The number of hydrogen-bond donors (Lipinski definition) is 1. The highest BCUT2D eigenvalue weighted by Crippen LogP contribution is 2.24. The number of nitrogens with zero attached hydrogens (tertiary/aromatic N) is 4. The highest BCUT2D eigenvalue weighted by Gasteiger charge is 2.14. The van der Waals surface area contributed by atoms with Gasteiger partial charge in [-0.2, -0.15) is 5.10 Å². The molecule has 0 spiro atoms. The van der Waals surface area contributed by atoms with Crippen molar-refractivity contribution in [3.05, 3.63) is 21.5 Å². The molecule has 0 radical (unpaired) electrons. The summed E-state index contributed by atoms with van der Waals surface area (Å²) in [5, 5.41) is 7.42. The molecule has 0 aliphatic heterocycles. The van der Waals surface area contributed by atoms with Crippen molar-refractivity contribution in [2.75, 3.05) is 12.4 Å². The summed E-state index contributed by atoms with van der Waals surface area (Å²) in [6.07, 6.45) is 3.82. The summed E-state index contributed by atoms with van der Waals surface area (Å²) in [5.41, 5.74) is 2.06. The van der Waals surface area contributed by atoms with Gasteiger partial charge in [-0.1, -0.05) is 13.3 Å². The highest BCUT2D eigenvalue weighted by atomic mass is 127. The third-order valence-corrected chi connectivity index (χ3v) is 4.02. The summed E-state index contributed by atoms with van der Waals surface area (Å²) in [6, 6.07) is 1.96. The van der Waals surface area contributed by atoms with Crippen molar-refractivity contribution >= 4 is 28.4 Å². The molecule has 0 unspecified atom stereocenters. The van der Waals surface area contributed by atoms with Crippen LogP contribution in [0, 0.1) is 3.57 Å². The quantitative estimate of drug-likeness (QED) is 0.822. The number of halogens is 1. The van der Waals surface area contributed by atoms with Gasteiger partial charge in [-0.05, 0) is 42.0 Å². The zero-order valence-electron chi connectivity index (χ0n) is 11.4. The first-order valence-corrected chi connectivity index (χ1v) is 7.55. The predicted octanol–water partition coefficient (Wildman–Crippen LogP) is 2.96. The molecule has 0 saturated carbocycles. The van der Waals surface area contributed by atoms with E-state index in [0.29, 0.717) is 0 Å². The average molecular weight is 371 g/mol. The van der Waals surface area contributed by atoms with Crippen LogP contribution in [-0.4, -0.2) is 26.8 Å². The third-order valence-electron chi connectivity index (χ3n) is 2.89. The molecule has 2 rings (SSSR count). The molecule has 1 N–H and O–H groups in total. The van der Waals surface area contributed by atoms with Crippen LogP contribution in [0.2, 0.25) is 0 Å². The smallest absolute Gasteiger partial charge is 0.180 e. The third kappa shape index (κ3) is 2.88. The first kappa shape index (κ1) is 14.2. The van der Waals surface area contributed by atoms with E-state index in [0.717, 1.165) is 46.0 Å². The van der Waals surface area contributed by atoms with Crippen molar-refractivity contribution in [3.63, 3.8) is 0 Å². The summed E-state index contributed by atoms with van der Waals surface area (Å²) < 4.78 is 3.02. The van der Waals surface area contributed by atoms with Crippen LogP contribution in [0.15, 0.2) is 12.3 Å². The Morgan fingerprint density at radius 2 is 2.11 bits per heavy atom. The van der Waals surface area contributed by atoms with Gasteiger partial charge in [-0.15, -0.1) is 0 Å². The monoisotopic (exact) mass is 371 g/mol. The van der Waals surface area contributed by atoms with E-state index in [4.69, 9.17) is 4.98 Å². The van der Waals surface area contributed by atoms with Crippen LogP contribution in [0.4, 0.5) is 5.82 Å². The Labute approximate surface area is 127 Å². The fraction of sp³-hybridized carbons (Fsp3) is 0.462. The lowest BCUT2D eigenvalue weighted by Gasteiger charge is -2.11. The first-order chi connectivity index (χ1) is 9.21. The molecule has 0 aliphatic carbocycles. The van der Waals surface area contributed by atoms with Crippen LogP contribution in [0.1, 0.15) is 26.0 Å². The molecule has 2 aromatic rings. The molecular formula is C13H18IN5. The standard InChI is InChI=1S/C13H18IN5/c1-4-6-9-11(14)13(15-3)18-12(17-9)10-7-8-16-19(10)5-2/h7-8H,4-6H2,1-3H3,(H,15,17,18). The Morgan fingerprint density at radius 1 is 1.32 bits per heavy atom. The zero-order chi connectivity index (χ0) is 13.8. The maximum atomic E-state index is 4.70. The SMILES string of the molecule is CCCc1nc(-c2ccnn2CC)nc(NC)c1I. The minimum absolute atomic E-state index is 0.743. The number of aromatic nitrogens is 4. The molecular weight excluding hydrogens is 353 g/mol. The lowest BCUT2D eigenvalue weighted by atomic mass is 10.2. The molecule has 2 heterocycles. The fourth-order valence-electron chi connectivity index (χ4n) is 1.95. The minimum atomic E-state index is 0.743. The summed E-state index contributed by atoms with van der Waals surface area (Å²) in [5.74, 6) is 1.63. The van der Waals surface area contributed by atoms with Crippen molar-refractivity contribution in [1.29, 1.82) is 0 Å². The van der Waals surface area contributed by atoms with Crippen LogP contribution >= 0.6 is 22.6 Å². The normalized spacial score (nSPS) is 10.7. The van der Waals surface area contributed by atoms with E-state index >= 15 is 0 Å². The molecule has 0 bridgehead atoms. The summed E-state index contributed by atoms with van der Waals surface area (Å²) >= 11 is 2.31. The molecule has 0 atom stereocenters.